The normalized spacial score (nSPS) is 19.2. The van der Waals surface area contributed by atoms with Crippen molar-refractivity contribution in [2.75, 3.05) is 20.8 Å². The fourth-order valence-corrected chi connectivity index (χ4v) is 5.64. The number of carbonyl (C=O) groups is 1. The van der Waals surface area contributed by atoms with Crippen LogP contribution in [0.2, 0.25) is 0 Å². The summed E-state index contributed by atoms with van der Waals surface area (Å²) < 4.78 is 16.7. The smallest absolute Gasteiger partial charge is 0.277 e. The van der Waals surface area contributed by atoms with Crippen LogP contribution in [0, 0.1) is 17.8 Å². The van der Waals surface area contributed by atoms with Crippen molar-refractivity contribution >= 4 is 5.91 Å². The number of methoxy groups -OCH3 is 2. The van der Waals surface area contributed by atoms with Crippen molar-refractivity contribution in [3.05, 3.63) is 58.8 Å². The number of rotatable bonds is 11. The zero-order valence-electron chi connectivity index (χ0n) is 24.3. The first-order valence-electron chi connectivity index (χ1n) is 14.1. The van der Waals surface area contributed by atoms with Gasteiger partial charge in [-0.1, -0.05) is 38.8 Å². The number of aliphatic hydroxyl groups is 1. The van der Waals surface area contributed by atoms with Crippen molar-refractivity contribution in [2.24, 2.45) is 5.41 Å². The van der Waals surface area contributed by atoms with Gasteiger partial charge in [-0.25, -0.2) is 4.98 Å². The van der Waals surface area contributed by atoms with Crippen LogP contribution in [0.25, 0.3) is 0 Å². The number of terminal acetylenes is 1. The van der Waals surface area contributed by atoms with Gasteiger partial charge in [0.1, 0.15) is 5.60 Å². The minimum absolute atomic E-state index is 0.0297. The molecule has 3 atom stereocenters. The van der Waals surface area contributed by atoms with Crippen LogP contribution in [0.5, 0.6) is 5.88 Å². The summed E-state index contributed by atoms with van der Waals surface area (Å²) >= 11 is 0. The lowest BCUT2D eigenvalue weighted by atomic mass is 9.73. The maximum atomic E-state index is 12.8. The summed E-state index contributed by atoms with van der Waals surface area (Å²) in [5.74, 6) is 2.86. The van der Waals surface area contributed by atoms with E-state index in [1.165, 1.54) is 14.2 Å². The molecular formula is C32H43N3O5. The molecule has 1 aromatic heterocycles. The van der Waals surface area contributed by atoms with Crippen molar-refractivity contribution in [1.82, 2.24) is 15.6 Å². The molecule has 1 aromatic carbocycles. The topological polar surface area (TPSA) is 102 Å². The van der Waals surface area contributed by atoms with E-state index in [-0.39, 0.29) is 23.6 Å². The highest BCUT2D eigenvalue weighted by Gasteiger charge is 2.46. The number of pyridine rings is 1. The van der Waals surface area contributed by atoms with Gasteiger partial charge in [0.25, 0.3) is 5.91 Å². The average molecular weight is 550 g/mol. The molecule has 3 N–H and O–H groups in total. The number of hydrogen-bond acceptors (Lipinski definition) is 7. The Morgan fingerprint density at radius 3 is 2.62 bits per heavy atom. The van der Waals surface area contributed by atoms with Crippen molar-refractivity contribution in [1.29, 1.82) is 0 Å². The summed E-state index contributed by atoms with van der Waals surface area (Å²) in [6.07, 6.45) is 10.8. The monoisotopic (exact) mass is 549 g/mol. The number of benzene rings is 1. The highest BCUT2D eigenvalue weighted by molar-refractivity contribution is 5.79. The van der Waals surface area contributed by atoms with Crippen LogP contribution in [0.4, 0.5) is 0 Å². The van der Waals surface area contributed by atoms with E-state index in [1.54, 1.807) is 0 Å². The Labute approximate surface area is 238 Å². The molecule has 4 rings (SSSR count). The third-order valence-electron chi connectivity index (χ3n) is 7.76. The van der Waals surface area contributed by atoms with Crippen molar-refractivity contribution in [2.45, 2.75) is 89.4 Å². The first-order valence-corrected chi connectivity index (χ1v) is 14.1. The van der Waals surface area contributed by atoms with E-state index >= 15 is 0 Å². The van der Waals surface area contributed by atoms with Gasteiger partial charge in [0, 0.05) is 50.6 Å². The first kappa shape index (κ1) is 30.0. The number of nitrogens with one attached hydrogen (secondary N) is 2. The standard InChI is InChI=1S/C32H43N3O5/c1-7-21-10-8-11-22(14-21)16-25(35-28(37)30(38-5)39-6)27(36)20-33-26-18-32(12-9-13-32)40-29-24(26)15-23(19-34-29)17-31(2,3)4/h1,8,10-11,14-15,19,25-27,30,33,36H,9,12-13,16-18,20H2,2-6H3,(H,35,37)/t25-,26-,27+/m0/s1. The first-order chi connectivity index (χ1) is 19.0. The van der Waals surface area contributed by atoms with Crippen molar-refractivity contribution in [3.8, 4) is 18.2 Å². The predicted molar refractivity (Wildman–Crippen MR) is 154 cm³/mol. The summed E-state index contributed by atoms with van der Waals surface area (Å²) in [5, 5.41) is 17.9. The number of amides is 1. The van der Waals surface area contributed by atoms with Gasteiger partial charge in [0.05, 0.1) is 12.1 Å². The van der Waals surface area contributed by atoms with E-state index in [0.717, 1.165) is 54.4 Å². The van der Waals surface area contributed by atoms with Crippen molar-refractivity contribution < 1.29 is 24.1 Å². The molecule has 0 unspecified atom stereocenters. The molecule has 1 aliphatic carbocycles. The Kier molecular flexibility index (Phi) is 9.52. The number of hydrogen-bond donors (Lipinski definition) is 3. The molecule has 8 nitrogen and oxygen atoms in total. The van der Waals surface area contributed by atoms with E-state index < -0.39 is 24.3 Å². The number of aliphatic hydroxyl groups excluding tert-OH is 1. The number of ether oxygens (including phenoxy) is 3. The molecule has 1 aliphatic heterocycles. The Morgan fingerprint density at radius 1 is 1.25 bits per heavy atom. The third-order valence-corrected chi connectivity index (χ3v) is 7.76. The van der Waals surface area contributed by atoms with E-state index in [1.807, 2.05) is 30.5 Å². The Morgan fingerprint density at radius 2 is 2.00 bits per heavy atom. The van der Waals surface area contributed by atoms with Gasteiger partial charge in [0.2, 0.25) is 12.2 Å². The SMILES string of the molecule is C#Cc1cccc(C[C@H](NC(=O)C(OC)OC)[C@H](O)CN[C@H]2CC3(CCC3)Oc3ncc(CC(C)(C)C)cc32)c1. The Bertz CT molecular complexity index is 1210. The summed E-state index contributed by atoms with van der Waals surface area (Å²) in [6, 6.07) is 9.10. The van der Waals surface area contributed by atoms with Crippen LogP contribution >= 0.6 is 0 Å². The molecule has 2 aromatic rings. The number of nitrogens with zero attached hydrogens (tertiary/aromatic N) is 1. The molecule has 216 valence electrons. The van der Waals surface area contributed by atoms with Gasteiger partial charge in [-0.3, -0.25) is 4.79 Å². The van der Waals surface area contributed by atoms with Gasteiger partial charge in [-0.05, 0) is 66.8 Å². The molecule has 1 spiro atoms. The largest absolute Gasteiger partial charge is 0.471 e. The molecule has 0 radical (unpaired) electrons. The summed E-state index contributed by atoms with van der Waals surface area (Å²) in [4.78, 5) is 17.6. The van der Waals surface area contributed by atoms with Crippen LogP contribution in [-0.2, 0) is 27.1 Å². The summed E-state index contributed by atoms with van der Waals surface area (Å²) in [6.45, 7) is 6.89. The fraction of sp³-hybridized carbons (Fsp3) is 0.562. The third kappa shape index (κ3) is 7.41. The van der Waals surface area contributed by atoms with Gasteiger partial charge in [0.15, 0.2) is 0 Å². The van der Waals surface area contributed by atoms with Gasteiger partial charge in [-0.2, -0.15) is 0 Å². The molecule has 8 heteroatoms. The van der Waals surface area contributed by atoms with E-state index in [4.69, 9.17) is 25.6 Å². The second-order valence-corrected chi connectivity index (χ2v) is 12.3. The average Bonchev–Trinajstić information content (AvgIpc) is 2.90. The van der Waals surface area contributed by atoms with Crippen LogP contribution in [0.1, 0.15) is 74.8 Å². The molecule has 1 amide bonds. The molecule has 0 saturated heterocycles. The van der Waals surface area contributed by atoms with E-state index in [2.05, 4.69) is 43.4 Å². The lowest BCUT2D eigenvalue weighted by molar-refractivity contribution is -0.160. The van der Waals surface area contributed by atoms with Crippen LogP contribution < -0.4 is 15.4 Å². The van der Waals surface area contributed by atoms with Gasteiger partial charge >= 0.3 is 0 Å². The number of fused-ring (bicyclic) bond motifs is 1. The molecule has 2 heterocycles. The minimum atomic E-state index is -1.08. The minimum Gasteiger partial charge on any atom is -0.471 e. The second-order valence-electron chi connectivity index (χ2n) is 12.3. The quantitative estimate of drug-likeness (QED) is 0.290. The lowest BCUT2D eigenvalue weighted by Crippen LogP contribution is -2.53. The number of carbonyl (C=O) groups excluding carboxylic acids is 1. The zero-order valence-corrected chi connectivity index (χ0v) is 24.3. The van der Waals surface area contributed by atoms with Gasteiger partial charge < -0.3 is 30.0 Å². The van der Waals surface area contributed by atoms with Crippen LogP contribution in [-0.4, -0.2) is 60.8 Å². The van der Waals surface area contributed by atoms with Crippen LogP contribution in [0.15, 0.2) is 36.5 Å². The summed E-state index contributed by atoms with van der Waals surface area (Å²) in [5.41, 5.74) is 3.76. The highest BCUT2D eigenvalue weighted by atomic mass is 16.7. The molecule has 1 fully saturated rings. The molecule has 0 bridgehead atoms. The molecule has 1 saturated carbocycles. The Balaban J connectivity index is 1.53. The van der Waals surface area contributed by atoms with E-state index in [9.17, 15) is 9.90 Å². The maximum absolute atomic E-state index is 12.8. The fourth-order valence-electron chi connectivity index (χ4n) is 5.64. The van der Waals surface area contributed by atoms with Crippen molar-refractivity contribution in [3.63, 3.8) is 0 Å². The number of aromatic nitrogens is 1. The molecule has 2 aliphatic rings. The zero-order chi connectivity index (χ0) is 28.9. The van der Waals surface area contributed by atoms with Gasteiger partial charge in [-0.15, -0.1) is 6.42 Å². The Hall–Kier alpha value is -2.96. The summed E-state index contributed by atoms with van der Waals surface area (Å²) in [7, 11) is 2.80. The predicted octanol–water partition coefficient (Wildman–Crippen LogP) is 3.69. The lowest BCUT2D eigenvalue weighted by Gasteiger charge is -2.47. The second kappa shape index (κ2) is 12.7. The maximum Gasteiger partial charge on any atom is 0.277 e. The highest BCUT2D eigenvalue weighted by Crippen LogP contribution is 2.48. The molecule has 40 heavy (non-hydrogen) atoms. The van der Waals surface area contributed by atoms with Crippen LogP contribution in [0.3, 0.4) is 0 Å². The molecular weight excluding hydrogens is 506 g/mol. The van der Waals surface area contributed by atoms with E-state index in [0.29, 0.717) is 12.3 Å².